The van der Waals surface area contributed by atoms with Crippen LogP contribution in [0.15, 0.2) is 0 Å². The van der Waals surface area contributed by atoms with Gasteiger partial charge in [-0.1, -0.05) is 19.1 Å². The SMILES string of the molecule is CCCC(=O)N(CCC(N)=S)CCN(C)C. The van der Waals surface area contributed by atoms with Crippen molar-refractivity contribution in [3.05, 3.63) is 0 Å². The molecule has 0 aromatic carbocycles. The van der Waals surface area contributed by atoms with Crippen molar-refractivity contribution in [2.75, 3.05) is 33.7 Å². The summed E-state index contributed by atoms with van der Waals surface area (Å²) >= 11 is 4.83. The van der Waals surface area contributed by atoms with Crippen molar-refractivity contribution < 1.29 is 4.79 Å². The highest BCUT2D eigenvalue weighted by Crippen LogP contribution is 2.00. The maximum absolute atomic E-state index is 11.8. The van der Waals surface area contributed by atoms with E-state index in [0.717, 1.165) is 19.5 Å². The highest BCUT2D eigenvalue weighted by Gasteiger charge is 2.12. The Bertz CT molecular complexity index is 231. The fraction of sp³-hybridized carbons (Fsp3) is 0.818. The lowest BCUT2D eigenvalue weighted by Gasteiger charge is -2.24. The molecule has 0 fully saturated rings. The number of hydrogen-bond donors (Lipinski definition) is 1. The zero-order valence-corrected chi connectivity index (χ0v) is 11.3. The Morgan fingerprint density at radius 1 is 1.19 bits per heavy atom. The molecule has 0 aromatic rings. The molecule has 0 saturated carbocycles. The normalized spacial score (nSPS) is 10.5. The summed E-state index contributed by atoms with van der Waals surface area (Å²) in [5, 5.41) is 0. The molecule has 4 nitrogen and oxygen atoms in total. The molecule has 0 heterocycles. The van der Waals surface area contributed by atoms with Gasteiger partial charge in [-0.15, -0.1) is 0 Å². The number of nitrogens with two attached hydrogens (primary N) is 1. The minimum atomic E-state index is 0.195. The minimum absolute atomic E-state index is 0.195. The molecule has 16 heavy (non-hydrogen) atoms. The van der Waals surface area contributed by atoms with Gasteiger partial charge in [-0.05, 0) is 20.5 Å². The van der Waals surface area contributed by atoms with Gasteiger partial charge in [0.05, 0.1) is 4.99 Å². The predicted molar refractivity (Wildman–Crippen MR) is 71.4 cm³/mol. The molecule has 0 radical (unpaired) electrons. The third-order valence-corrected chi connectivity index (χ3v) is 2.47. The molecule has 0 rings (SSSR count). The van der Waals surface area contributed by atoms with Gasteiger partial charge in [0.1, 0.15) is 0 Å². The lowest BCUT2D eigenvalue weighted by atomic mass is 10.2. The van der Waals surface area contributed by atoms with Crippen LogP contribution in [0.2, 0.25) is 0 Å². The van der Waals surface area contributed by atoms with Crippen molar-refractivity contribution in [1.29, 1.82) is 0 Å². The first-order valence-corrected chi connectivity index (χ1v) is 6.09. The van der Waals surface area contributed by atoms with Crippen molar-refractivity contribution in [2.45, 2.75) is 26.2 Å². The first kappa shape index (κ1) is 15.3. The number of thiocarbonyl (C=S) groups is 1. The molecule has 94 valence electrons. The van der Waals surface area contributed by atoms with Crippen molar-refractivity contribution in [2.24, 2.45) is 5.73 Å². The molecule has 0 spiro atoms. The Morgan fingerprint density at radius 3 is 2.25 bits per heavy atom. The van der Waals surface area contributed by atoms with Crippen LogP contribution in [0.25, 0.3) is 0 Å². The summed E-state index contributed by atoms with van der Waals surface area (Å²) in [7, 11) is 3.99. The van der Waals surface area contributed by atoms with E-state index in [2.05, 4.69) is 4.90 Å². The maximum Gasteiger partial charge on any atom is 0.222 e. The summed E-state index contributed by atoms with van der Waals surface area (Å²) in [6, 6.07) is 0. The number of likely N-dealkylation sites (N-methyl/N-ethyl adjacent to an activating group) is 1. The van der Waals surface area contributed by atoms with E-state index < -0.39 is 0 Å². The van der Waals surface area contributed by atoms with Crippen LogP contribution < -0.4 is 5.73 Å². The quantitative estimate of drug-likeness (QED) is 0.644. The monoisotopic (exact) mass is 245 g/mol. The smallest absolute Gasteiger partial charge is 0.222 e. The summed E-state index contributed by atoms with van der Waals surface area (Å²) < 4.78 is 0. The van der Waals surface area contributed by atoms with E-state index in [1.165, 1.54) is 0 Å². The van der Waals surface area contributed by atoms with E-state index in [9.17, 15) is 4.79 Å². The fourth-order valence-electron chi connectivity index (χ4n) is 1.30. The number of amides is 1. The molecule has 0 aromatic heterocycles. The first-order chi connectivity index (χ1) is 7.47. The zero-order valence-electron chi connectivity index (χ0n) is 10.5. The number of hydrogen-bond acceptors (Lipinski definition) is 3. The molecular weight excluding hydrogens is 222 g/mol. The molecular formula is C11H23N3OS. The highest BCUT2D eigenvalue weighted by atomic mass is 32.1. The standard InChI is InChI=1S/C11H23N3OS/c1-4-5-11(15)14(7-6-10(12)16)9-8-13(2)3/h4-9H2,1-3H3,(H2,12,16). The third-order valence-electron chi connectivity index (χ3n) is 2.26. The third kappa shape index (κ3) is 7.59. The van der Waals surface area contributed by atoms with Crippen molar-refractivity contribution >= 4 is 23.1 Å². The molecule has 2 N–H and O–H groups in total. The molecule has 0 aliphatic carbocycles. The van der Waals surface area contributed by atoms with Gasteiger partial charge in [0.2, 0.25) is 5.91 Å². The van der Waals surface area contributed by atoms with Crippen molar-refractivity contribution in [3.8, 4) is 0 Å². The Balaban J connectivity index is 4.14. The van der Waals surface area contributed by atoms with E-state index in [0.29, 0.717) is 24.4 Å². The van der Waals surface area contributed by atoms with Gasteiger partial charge in [-0.2, -0.15) is 0 Å². The van der Waals surface area contributed by atoms with E-state index in [4.69, 9.17) is 18.0 Å². The Labute approximate surface area is 104 Å². The second-order valence-corrected chi connectivity index (χ2v) is 4.67. The van der Waals surface area contributed by atoms with Crippen LogP contribution in [-0.2, 0) is 4.79 Å². The van der Waals surface area contributed by atoms with Gasteiger partial charge >= 0.3 is 0 Å². The zero-order chi connectivity index (χ0) is 12.6. The van der Waals surface area contributed by atoms with Gasteiger partial charge in [-0.3, -0.25) is 4.79 Å². The highest BCUT2D eigenvalue weighted by molar-refractivity contribution is 7.80. The second kappa shape index (κ2) is 8.47. The molecule has 0 aliphatic heterocycles. The number of carbonyl (C=O) groups excluding carboxylic acids is 1. The molecule has 0 unspecified atom stereocenters. The van der Waals surface area contributed by atoms with Gasteiger partial charge in [0.25, 0.3) is 0 Å². The molecule has 0 atom stereocenters. The molecule has 0 saturated heterocycles. The number of carbonyl (C=O) groups is 1. The van der Waals surface area contributed by atoms with E-state index in [-0.39, 0.29) is 5.91 Å². The minimum Gasteiger partial charge on any atom is -0.393 e. The molecule has 5 heteroatoms. The Morgan fingerprint density at radius 2 is 1.81 bits per heavy atom. The maximum atomic E-state index is 11.8. The summed E-state index contributed by atoms with van der Waals surface area (Å²) in [4.78, 5) is 16.2. The van der Waals surface area contributed by atoms with Crippen molar-refractivity contribution in [1.82, 2.24) is 9.80 Å². The lowest BCUT2D eigenvalue weighted by Crippen LogP contribution is -2.38. The average Bonchev–Trinajstić information content (AvgIpc) is 2.17. The van der Waals surface area contributed by atoms with Gasteiger partial charge in [0.15, 0.2) is 0 Å². The summed E-state index contributed by atoms with van der Waals surface area (Å²) in [5.41, 5.74) is 5.45. The largest absolute Gasteiger partial charge is 0.393 e. The second-order valence-electron chi connectivity index (χ2n) is 4.15. The van der Waals surface area contributed by atoms with Crippen LogP contribution in [-0.4, -0.2) is 54.4 Å². The van der Waals surface area contributed by atoms with E-state index >= 15 is 0 Å². The van der Waals surface area contributed by atoms with Gasteiger partial charge < -0.3 is 15.5 Å². The lowest BCUT2D eigenvalue weighted by molar-refractivity contribution is -0.131. The average molecular weight is 245 g/mol. The molecule has 0 aliphatic rings. The van der Waals surface area contributed by atoms with E-state index in [1.807, 2.05) is 25.9 Å². The summed E-state index contributed by atoms with van der Waals surface area (Å²) in [5.74, 6) is 0.195. The molecule has 1 amide bonds. The molecule has 0 bridgehead atoms. The Kier molecular flexibility index (Phi) is 8.11. The number of nitrogens with zero attached hydrogens (tertiary/aromatic N) is 2. The van der Waals surface area contributed by atoms with Crippen LogP contribution in [0.4, 0.5) is 0 Å². The fourth-order valence-corrected chi connectivity index (χ4v) is 1.39. The topological polar surface area (TPSA) is 49.6 Å². The van der Waals surface area contributed by atoms with Crippen LogP contribution in [0.1, 0.15) is 26.2 Å². The van der Waals surface area contributed by atoms with Crippen LogP contribution in [0.3, 0.4) is 0 Å². The number of rotatable bonds is 8. The van der Waals surface area contributed by atoms with Gasteiger partial charge in [0, 0.05) is 32.5 Å². The van der Waals surface area contributed by atoms with Crippen LogP contribution >= 0.6 is 12.2 Å². The first-order valence-electron chi connectivity index (χ1n) is 5.68. The summed E-state index contributed by atoms with van der Waals surface area (Å²) in [6.07, 6.45) is 2.09. The summed E-state index contributed by atoms with van der Waals surface area (Å²) in [6.45, 7) is 4.26. The van der Waals surface area contributed by atoms with Crippen LogP contribution in [0.5, 0.6) is 0 Å². The Hall–Kier alpha value is -0.680. The van der Waals surface area contributed by atoms with E-state index in [1.54, 1.807) is 0 Å². The van der Waals surface area contributed by atoms with Gasteiger partial charge in [-0.25, -0.2) is 0 Å². The predicted octanol–water partition coefficient (Wildman–Crippen LogP) is 0.853. The van der Waals surface area contributed by atoms with Crippen molar-refractivity contribution in [3.63, 3.8) is 0 Å². The van der Waals surface area contributed by atoms with Crippen LogP contribution in [0, 0.1) is 0 Å².